The van der Waals surface area contributed by atoms with Gasteiger partial charge >= 0.3 is 5.97 Å². The minimum atomic E-state index is -0.941. The molecule has 0 aliphatic heterocycles. The number of anilines is 1. The fraction of sp³-hybridized carbons (Fsp3) is 0.286. The average molecular weight is 242 g/mol. The maximum Gasteiger partial charge on any atom is 0.339 e. The molecule has 2 atom stereocenters. The van der Waals surface area contributed by atoms with Crippen LogP contribution in [0.15, 0.2) is 30.3 Å². The Kier molecular flexibility index (Phi) is 2.44. The maximum atomic E-state index is 11.3. The van der Waals surface area contributed by atoms with Crippen molar-refractivity contribution in [1.82, 2.24) is 4.98 Å². The Labute approximate surface area is 105 Å². The van der Waals surface area contributed by atoms with Gasteiger partial charge in [-0.05, 0) is 24.5 Å². The van der Waals surface area contributed by atoms with Gasteiger partial charge in [0.05, 0.1) is 5.52 Å². The van der Waals surface area contributed by atoms with Crippen molar-refractivity contribution >= 4 is 22.7 Å². The number of aromatic nitrogens is 1. The Morgan fingerprint density at radius 2 is 2.17 bits per heavy atom. The molecule has 0 radical (unpaired) electrons. The van der Waals surface area contributed by atoms with Gasteiger partial charge in [-0.3, -0.25) is 0 Å². The standard InChI is InChI=1S/C14H14N2O2/c1-8-6-12(8)16-13-10(14(17)18)7-9-4-2-3-5-11(9)15-13/h2-5,7-8,12H,6H2,1H3,(H,15,16)(H,17,18). The lowest BCUT2D eigenvalue weighted by Crippen LogP contribution is -2.11. The summed E-state index contributed by atoms with van der Waals surface area (Å²) in [4.78, 5) is 15.7. The second-order valence-electron chi connectivity index (χ2n) is 4.85. The van der Waals surface area contributed by atoms with E-state index in [2.05, 4.69) is 17.2 Å². The summed E-state index contributed by atoms with van der Waals surface area (Å²) >= 11 is 0. The van der Waals surface area contributed by atoms with Crippen LogP contribution in [0.25, 0.3) is 10.9 Å². The molecule has 4 nitrogen and oxygen atoms in total. The van der Waals surface area contributed by atoms with Crippen LogP contribution in [0, 0.1) is 5.92 Å². The molecule has 1 aliphatic carbocycles. The molecule has 4 heteroatoms. The third kappa shape index (κ3) is 1.90. The molecule has 1 saturated carbocycles. The van der Waals surface area contributed by atoms with Gasteiger partial charge in [-0.1, -0.05) is 25.1 Å². The van der Waals surface area contributed by atoms with Gasteiger partial charge in [0.15, 0.2) is 0 Å². The third-order valence-electron chi connectivity index (χ3n) is 3.39. The van der Waals surface area contributed by atoms with E-state index in [4.69, 9.17) is 0 Å². The number of hydrogen-bond donors (Lipinski definition) is 2. The van der Waals surface area contributed by atoms with Crippen LogP contribution in [0.1, 0.15) is 23.7 Å². The number of aromatic carboxylic acids is 1. The summed E-state index contributed by atoms with van der Waals surface area (Å²) in [5.41, 5.74) is 1.06. The number of nitrogens with zero attached hydrogens (tertiary/aromatic N) is 1. The van der Waals surface area contributed by atoms with Gasteiger partial charge in [0.2, 0.25) is 0 Å². The number of hydrogen-bond acceptors (Lipinski definition) is 3. The second-order valence-corrected chi connectivity index (χ2v) is 4.85. The molecule has 92 valence electrons. The van der Waals surface area contributed by atoms with Crippen molar-refractivity contribution in [3.05, 3.63) is 35.9 Å². The molecule has 18 heavy (non-hydrogen) atoms. The highest BCUT2D eigenvalue weighted by Gasteiger charge is 2.33. The Morgan fingerprint density at radius 3 is 2.83 bits per heavy atom. The smallest absolute Gasteiger partial charge is 0.339 e. The van der Waals surface area contributed by atoms with E-state index >= 15 is 0 Å². The first-order valence-corrected chi connectivity index (χ1v) is 6.05. The third-order valence-corrected chi connectivity index (χ3v) is 3.39. The van der Waals surface area contributed by atoms with E-state index in [1.165, 1.54) is 0 Å². The van der Waals surface area contributed by atoms with Gasteiger partial charge in [0, 0.05) is 11.4 Å². The van der Waals surface area contributed by atoms with Crippen molar-refractivity contribution in [3.8, 4) is 0 Å². The van der Waals surface area contributed by atoms with Gasteiger partial charge in [-0.15, -0.1) is 0 Å². The minimum absolute atomic E-state index is 0.243. The van der Waals surface area contributed by atoms with Gasteiger partial charge in [0.25, 0.3) is 0 Å². The molecule has 2 N–H and O–H groups in total. The van der Waals surface area contributed by atoms with Crippen molar-refractivity contribution < 1.29 is 9.90 Å². The van der Waals surface area contributed by atoms with E-state index in [0.29, 0.717) is 17.8 Å². The molecular formula is C14H14N2O2. The normalized spacial score (nSPS) is 21.8. The van der Waals surface area contributed by atoms with Crippen LogP contribution in [0.3, 0.4) is 0 Å². The Bertz CT molecular complexity index is 624. The van der Waals surface area contributed by atoms with Crippen molar-refractivity contribution in [1.29, 1.82) is 0 Å². The quantitative estimate of drug-likeness (QED) is 0.868. The topological polar surface area (TPSA) is 62.2 Å². The zero-order valence-corrected chi connectivity index (χ0v) is 10.1. The Balaban J connectivity index is 2.08. The van der Waals surface area contributed by atoms with Gasteiger partial charge < -0.3 is 10.4 Å². The number of benzene rings is 1. The lowest BCUT2D eigenvalue weighted by molar-refractivity contribution is 0.0698. The van der Waals surface area contributed by atoms with Crippen molar-refractivity contribution in [2.75, 3.05) is 5.32 Å². The highest BCUT2D eigenvalue weighted by Crippen LogP contribution is 2.33. The van der Waals surface area contributed by atoms with E-state index in [0.717, 1.165) is 17.3 Å². The number of pyridine rings is 1. The summed E-state index contributed by atoms with van der Waals surface area (Å²) in [7, 11) is 0. The number of fused-ring (bicyclic) bond motifs is 1. The number of carbonyl (C=O) groups is 1. The van der Waals surface area contributed by atoms with Gasteiger partial charge in [0.1, 0.15) is 11.4 Å². The van der Waals surface area contributed by atoms with Crippen LogP contribution >= 0.6 is 0 Å². The predicted octanol–water partition coefficient (Wildman–Crippen LogP) is 2.75. The van der Waals surface area contributed by atoms with Crippen LogP contribution in [-0.2, 0) is 0 Å². The van der Waals surface area contributed by atoms with E-state index in [9.17, 15) is 9.90 Å². The SMILES string of the molecule is CC1CC1Nc1nc2ccccc2cc1C(=O)O. The summed E-state index contributed by atoms with van der Waals surface area (Å²) in [5, 5.41) is 13.3. The van der Waals surface area contributed by atoms with E-state index in [1.807, 2.05) is 24.3 Å². The van der Waals surface area contributed by atoms with Crippen LogP contribution < -0.4 is 5.32 Å². The predicted molar refractivity (Wildman–Crippen MR) is 69.9 cm³/mol. The van der Waals surface area contributed by atoms with Crippen LogP contribution in [0.5, 0.6) is 0 Å². The first-order chi connectivity index (χ1) is 8.65. The first-order valence-electron chi connectivity index (χ1n) is 6.05. The molecule has 1 aliphatic rings. The molecule has 2 unspecified atom stereocenters. The lowest BCUT2D eigenvalue weighted by Gasteiger charge is -2.09. The first kappa shape index (κ1) is 11.0. The average Bonchev–Trinajstić information content (AvgIpc) is 3.04. The number of carboxylic acid groups (broad SMARTS) is 1. The number of carboxylic acids is 1. The summed E-state index contributed by atoms with van der Waals surface area (Å²) in [5.74, 6) is 0.138. The molecule has 0 amide bonds. The Hall–Kier alpha value is -2.10. The van der Waals surface area contributed by atoms with Gasteiger partial charge in [-0.2, -0.15) is 0 Å². The zero-order chi connectivity index (χ0) is 12.7. The van der Waals surface area contributed by atoms with Crippen LogP contribution in [0.2, 0.25) is 0 Å². The molecule has 3 rings (SSSR count). The molecule has 1 aromatic heterocycles. The van der Waals surface area contributed by atoms with Crippen molar-refractivity contribution in [2.24, 2.45) is 5.92 Å². The molecular weight excluding hydrogens is 228 g/mol. The second kappa shape index (κ2) is 3.98. The fourth-order valence-electron chi connectivity index (χ4n) is 2.09. The minimum Gasteiger partial charge on any atom is -0.478 e. The summed E-state index contributed by atoms with van der Waals surface area (Å²) in [6.45, 7) is 2.14. The highest BCUT2D eigenvalue weighted by molar-refractivity contribution is 5.98. The van der Waals surface area contributed by atoms with Crippen LogP contribution in [0.4, 0.5) is 5.82 Å². The lowest BCUT2D eigenvalue weighted by atomic mass is 10.1. The van der Waals surface area contributed by atoms with Crippen molar-refractivity contribution in [3.63, 3.8) is 0 Å². The summed E-state index contributed by atoms with van der Waals surface area (Å²) < 4.78 is 0. The molecule has 0 bridgehead atoms. The van der Waals surface area contributed by atoms with Crippen LogP contribution in [-0.4, -0.2) is 22.1 Å². The number of para-hydroxylation sites is 1. The molecule has 0 spiro atoms. The van der Waals surface area contributed by atoms with E-state index < -0.39 is 5.97 Å². The molecule has 1 fully saturated rings. The molecule has 1 aromatic carbocycles. The number of rotatable bonds is 3. The van der Waals surface area contributed by atoms with E-state index in [1.54, 1.807) is 6.07 Å². The monoisotopic (exact) mass is 242 g/mol. The molecule has 1 heterocycles. The maximum absolute atomic E-state index is 11.3. The molecule has 0 saturated heterocycles. The summed E-state index contributed by atoms with van der Waals surface area (Å²) in [6, 6.07) is 9.59. The fourth-order valence-corrected chi connectivity index (χ4v) is 2.09. The van der Waals surface area contributed by atoms with Gasteiger partial charge in [-0.25, -0.2) is 9.78 Å². The Morgan fingerprint density at radius 1 is 1.44 bits per heavy atom. The van der Waals surface area contributed by atoms with E-state index in [-0.39, 0.29) is 5.56 Å². The number of nitrogens with one attached hydrogen (secondary N) is 1. The molecule has 2 aromatic rings. The van der Waals surface area contributed by atoms with Crippen molar-refractivity contribution in [2.45, 2.75) is 19.4 Å². The zero-order valence-electron chi connectivity index (χ0n) is 10.1. The largest absolute Gasteiger partial charge is 0.478 e. The summed E-state index contributed by atoms with van der Waals surface area (Å²) in [6.07, 6.45) is 1.08. The highest BCUT2D eigenvalue weighted by atomic mass is 16.4.